The van der Waals surface area contributed by atoms with Crippen LogP contribution in [0.2, 0.25) is 0 Å². The molecule has 1 aliphatic rings. The molecular weight excluding hydrogens is 264 g/mol. The van der Waals surface area contributed by atoms with Crippen LogP contribution in [-0.4, -0.2) is 40.6 Å². The van der Waals surface area contributed by atoms with Crippen LogP contribution in [0.1, 0.15) is 44.9 Å². The Morgan fingerprint density at radius 3 is 2.15 bits per heavy atom. The van der Waals surface area contributed by atoms with E-state index < -0.39 is 29.3 Å². The predicted molar refractivity (Wildman–Crippen MR) is 70.6 cm³/mol. The van der Waals surface area contributed by atoms with E-state index in [9.17, 15) is 24.6 Å². The number of carboxylic acid groups (broad SMARTS) is 1. The molecule has 1 saturated carbocycles. The lowest BCUT2D eigenvalue weighted by Gasteiger charge is -2.27. The zero-order valence-corrected chi connectivity index (χ0v) is 11.4. The van der Waals surface area contributed by atoms with E-state index in [-0.39, 0.29) is 13.0 Å². The van der Waals surface area contributed by atoms with Gasteiger partial charge in [0.25, 0.3) is 0 Å². The Labute approximate surface area is 117 Å². The van der Waals surface area contributed by atoms with E-state index in [2.05, 4.69) is 5.32 Å². The van der Waals surface area contributed by atoms with Crippen LogP contribution in [-0.2, 0) is 14.4 Å². The Kier molecular flexibility index (Phi) is 5.94. The lowest BCUT2D eigenvalue weighted by atomic mass is 9.77. The summed E-state index contributed by atoms with van der Waals surface area (Å²) in [6.07, 6.45) is 2.94. The number of hydrogen-bond donors (Lipinski definition) is 4. The van der Waals surface area contributed by atoms with Gasteiger partial charge in [0.05, 0.1) is 12.0 Å². The van der Waals surface area contributed by atoms with Crippen molar-refractivity contribution in [2.75, 3.05) is 6.54 Å². The van der Waals surface area contributed by atoms with E-state index in [4.69, 9.17) is 5.73 Å². The molecule has 20 heavy (non-hydrogen) atoms. The van der Waals surface area contributed by atoms with Crippen molar-refractivity contribution in [3.8, 4) is 0 Å². The Morgan fingerprint density at radius 1 is 1.15 bits per heavy atom. The van der Waals surface area contributed by atoms with Gasteiger partial charge in [-0.25, -0.2) is 0 Å². The number of rotatable bonds is 6. The van der Waals surface area contributed by atoms with Crippen molar-refractivity contribution in [3.05, 3.63) is 0 Å². The van der Waals surface area contributed by atoms with Gasteiger partial charge in [-0.3, -0.25) is 14.4 Å². The van der Waals surface area contributed by atoms with Crippen LogP contribution in [0.4, 0.5) is 0 Å². The van der Waals surface area contributed by atoms with Gasteiger partial charge in [-0.15, -0.1) is 0 Å². The van der Waals surface area contributed by atoms with Gasteiger partial charge in [0, 0.05) is 6.42 Å². The molecule has 0 aromatic carbocycles. The van der Waals surface area contributed by atoms with Crippen molar-refractivity contribution in [1.82, 2.24) is 5.32 Å². The maximum atomic E-state index is 11.8. The normalized spacial score (nSPS) is 19.6. The van der Waals surface area contributed by atoms with Gasteiger partial charge in [-0.2, -0.15) is 0 Å². The van der Waals surface area contributed by atoms with E-state index in [1.54, 1.807) is 0 Å². The van der Waals surface area contributed by atoms with E-state index in [0.717, 1.165) is 25.7 Å². The van der Waals surface area contributed by atoms with Gasteiger partial charge in [-0.05, 0) is 12.8 Å². The van der Waals surface area contributed by atoms with Gasteiger partial charge in [0.2, 0.25) is 11.8 Å². The van der Waals surface area contributed by atoms with Crippen LogP contribution >= 0.6 is 0 Å². The third kappa shape index (κ3) is 4.48. The summed E-state index contributed by atoms with van der Waals surface area (Å²) in [5.74, 6) is -2.35. The first-order valence-electron chi connectivity index (χ1n) is 6.85. The fourth-order valence-electron chi connectivity index (χ4n) is 2.55. The second kappa shape index (κ2) is 7.23. The third-order valence-electron chi connectivity index (χ3n) is 3.83. The predicted octanol–water partition coefficient (Wildman–Crippen LogP) is -0.236. The fraction of sp³-hybridized carbons (Fsp3) is 0.769. The molecule has 2 amide bonds. The highest BCUT2D eigenvalue weighted by atomic mass is 16.4. The molecule has 0 saturated heterocycles. The summed E-state index contributed by atoms with van der Waals surface area (Å²) < 4.78 is 0. The number of hydrogen-bond acceptors (Lipinski definition) is 4. The van der Waals surface area contributed by atoms with Crippen LogP contribution in [0.5, 0.6) is 0 Å². The maximum absolute atomic E-state index is 11.8. The van der Waals surface area contributed by atoms with E-state index in [0.29, 0.717) is 12.8 Å². The molecule has 5 N–H and O–H groups in total. The first kappa shape index (κ1) is 16.4. The average molecular weight is 286 g/mol. The van der Waals surface area contributed by atoms with Crippen LogP contribution in [0.25, 0.3) is 0 Å². The summed E-state index contributed by atoms with van der Waals surface area (Å²) >= 11 is 0. The molecule has 1 rings (SSSR count). The molecular formula is C13H22N2O5. The number of carbonyl (C=O) groups is 3. The van der Waals surface area contributed by atoms with Crippen molar-refractivity contribution in [3.63, 3.8) is 0 Å². The summed E-state index contributed by atoms with van der Waals surface area (Å²) in [6.45, 7) is -0.288. The topological polar surface area (TPSA) is 130 Å². The third-order valence-corrected chi connectivity index (χ3v) is 3.83. The van der Waals surface area contributed by atoms with Gasteiger partial charge >= 0.3 is 5.97 Å². The summed E-state index contributed by atoms with van der Waals surface area (Å²) in [7, 11) is 0. The van der Waals surface area contributed by atoms with Gasteiger partial charge in [0.1, 0.15) is 6.10 Å². The monoisotopic (exact) mass is 286 g/mol. The summed E-state index contributed by atoms with van der Waals surface area (Å²) in [5.41, 5.74) is 3.84. The van der Waals surface area contributed by atoms with Crippen molar-refractivity contribution in [2.45, 2.75) is 51.0 Å². The number of amides is 2. The lowest BCUT2D eigenvalue weighted by Crippen LogP contribution is -2.43. The van der Waals surface area contributed by atoms with E-state index in [1.807, 2.05) is 0 Å². The highest BCUT2D eigenvalue weighted by molar-refractivity contribution is 5.85. The number of carbonyl (C=O) groups excluding carboxylic acids is 2. The van der Waals surface area contributed by atoms with Gasteiger partial charge in [-0.1, -0.05) is 25.7 Å². The number of primary amides is 1. The van der Waals surface area contributed by atoms with Gasteiger partial charge in [0.15, 0.2) is 0 Å². The van der Waals surface area contributed by atoms with Crippen LogP contribution in [0.15, 0.2) is 0 Å². The molecule has 0 heterocycles. The first-order valence-corrected chi connectivity index (χ1v) is 6.85. The molecule has 1 unspecified atom stereocenters. The lowest BCUT2D eigenvalue weighted by molar-refractivity contribution is -0.153. The Hall–Kier alpha value is -1.63. The van der Waals surface area contributed by atoms with Gasteiger partial charge < -0.3 is 21.3 Å². The first-order chi connectivity index (χ1) is 9.37. The van der Waals surface area contributed by atoms with E-state index >= 15 is 0 Å². The summed E-state index contributed by atoms with van der Waals surface area (Å²) in [4.78, 5) is 34.0. The zero-order valence-electron chi connectivity index (χ0n) is 11.4. The number of nitrogens with two attached hydrogens (primary N) is 1. The van der Waals surface area contributed by atoms with Crippen molar-refractivity contribution in [2.24, 2.45) is 11.1 Å². The number of nitrogens with one attached hydrogen (secondary N) is 1. The summed E-state index contributed by atoms with van der Waals surface area (Å²) in [5, 5.41) is 21.0. The maximum Gasteiger partial charge on any atom is 0.310 e. The molecule has 0 spiro atoms. The van der Waals surface area contributed by atoms with Crippen molar-refractivity contribution < 1.29 is 24.6 Å². The molecule has 7 heteroatoms. The van der Waals surface area contributed by atoms with Crippen LogP contribution in [0.3, 0.4) is 0 Å². The van der Waals surface area contributed by atoms with Crippen molar-refractivity contribution in [1.29, 1.82) is 0 Å². The number of aliphatic hydroxyl groups excluding tert-OH is 1. The molecule has 0 bridgehead atoms. The number of carboxylic acids is 1. The smallest absolute Gasteiger partial charge is 0.310 e. The molecule has 0 radical (unpaired) electrons. The Morgan fingerprint density at radius 2 is 1.70 bits per heavy atom. The molecule has 0 aromatic heterocycles. The number of aliphatic hydroxyl groups is 1. The molecule has 1 aliphatic carbocycles. The largest absolute Gasteiger partial charge is 0.481 e. The van der Waals surface area contributed by atoms with Crippen LogP contribution < -0.4 is 11.1 Å². The quantitative estimate of drug-likeness (QED) is 0.501. The Balaban J connectivity index is 2.59. The molecule has 1 atom stereocenters. The minimum absolute atomic E-state index is 0.131. The molecule has 0 aliphatic heterocycles. The molecule has 0 aromatic rings. The Bertz CT molecular complexity index is 375. The second-order valence-electron chi connectivity index (χ2n) is 5.40. The van der Waals surface area contributed by atoms with Crippen molar-refractivity contribution >= 4 is 17.8 Å². The summed E-state index contributed by atoms with van der Waals surface area (Å²) in [6, 6.07) is 0. The fourth-order valence-corrected chi connectivity index (χ4v) is 2.55. The minimum Gasteiger partial charge on any atom is -0.481 e. The highest BCUT2D eigenvalue weighted by Crippen LogP contribution is 2.38. The second-order valence-corrected chi connectivity index (χ2v) is 5.40. The average Bonchev–Trinajstić information content (AvgIpc) is 2.62. The minimum atomic E-state index is -1.45. The molecule has 1 fully saturated rings. The molecule has 7 nitrogen and oxygen atoms in total. The number of aliphatic carboxylic acids is 1. The molecule has 114 valence electrons. The highest BCUT2D eigenvalue weighted by Gasteiger charge is 2.40. The standard InChI is InChI=1S/C13H22N2O5/c14-11(18)9(16)8-15-10(17)7-13(12(19)20)5-3-1-2-4-6-13/h9,16H,1-8H2,(H2,14,18)(H,15,17)(H,19,20). The van der Waals surface area contributed by atoms with Crippen LogP contribution in [0, 0.1) is 5.41 Å². The van der Waals surface area contributed by atoms with E-state index in [1.165, 1.54) is 0 Å². The zero-order chi connectivity index (χ0) is 15.2. The SMILES string of the molecule is NC(=O)C(O)CNC(=O)CC1(C(=O)O)CCCCCC1.